The third kappa shape index (κ3) is 4.99. The van der Waals surface area contributed by atoms with Gasteiger partial charge in [-0.3, -0.25) is 14.9 Å². The highest BCUT2D eigenvalue weighted by molar-refractivity contribution is 7.14. The number of piperidine rings is 1. The molecule has 0 aliphatic carbocycles. The Bertz CT molecular complexity index is 863. The molecule has 148 valence electrons. The molecule has 2 aromatic rings. The summed E-state index contributed by atoms with van der Waals surface area (Å²) in [5.41, 5.74) is 0.853. The minimum absolute atomic E-state index is 0.168. The van der Waals surface area contributed by atoms with Crippen LogP contribution in [-0.4, -0.2) is 48.0 Å². The number of aromatic nitrogens is 1. The number of hydrogen-bond acceptors (Lipinski definition) is 6. The number of thiazole rings is 1. The van der Waals surface area contributed by atoms with E-state index in [9.17, 15) is 14.4 Å². The summed E-state index contributed by atoms with van der Waals surface area (Å²) in [6, 6.07) is 6.23. The molecule has 0 spiro atoms. The van der Waals surface area contributed by atoms with Crippen LogP contribution in [-0.2, 0) is 9.53 Å². The predicted molar refractivity (Wildman–Crippen MR) is 107 cm³/mol. The van der Waals surface area contributed by atoms with E-state index in [-0.39, 0.29) is 23.5 Å². The third-order valence-corrected chi connectivity index (χ3v) is 5.37. The first-order valence-electron chi connectivity index (χ1n) is 8.62. The molecular formula is C18H19ClN4O4S. The van der Waals surface area contributed by atoms with E-state index in [0.29, 0.717) is 41.8 Å². The Kier molecular flexibility index (Phi) is 6.48. The van der Waals surface area contributed by atoms with Crippen molar-refractivity contribution in [2.24, 2.45) is 5.92 Å². The summed E-state index contributed by atoms with van der Waals surface area (Å²) in [7, 11) is 1.37. The van der Waals surface area contributed by atoms with E-state index < -0.39 is 6.03 Å². The Morgan fingerprint density at radius 2 is 1.86 bits per heavy atom. The average Bonchev–Trinajstić information content (AvgIpc) is 3.17. The van der Waals surface area contributed by atoms with Crippen molar-refractivity contribution in [1.82, 2.24) is 9.88 Å². The van der Waals surface area contributed by atoms with Crippen molar-refractivity contribution in [3.63, 3.8) is 0 Å². The van der Waals surface area contributed by atoms with Gasteiger partial charge >= 0.3 is 12.0 Å². The van der Waals surface area contributed by atoms with Crippen LogP contribution >= 0.6 is 22.9 Å². The molecule has 1 aromatic carbocycles. The normalized spacial score (nSPS) is 14.4. The number of esters is 1. The zero-order valence-electron chi connectivity index (χ0n) is 15.1. The fourth-order valence-corrected chi connectivity index (χ4v) is 3.67. The van der Waals surface area contributed by atoms with E-state index >= 15 is 0 Å². The van der Waals surface area contributed by atoms with Crippen molar-refractivity contribution >= 4 is 51.7 Å². The van der Waals surface area contributed by atoms with Gasteiger partial charge < -0.3 is 15.0 Å². The molecule has 2 heterocycles. The van der Waals surface area contributed by atoms with E-state index in [0.717, 1.165) is 0 Å². The first-order valence-corrected chi connectivity index (χ1v) is 9.88. The molecule has 3 amide bonds. The Hall–Kier alpha value is -2.65. The number of benzene rings is 1. The highest BCUT2D eigenvalue weighted by atomic mass is 35.5. The molecule has 28 heavy (non-hydrogen) atoms. The fraction of sp³-hybridized carbons (Fsp3) is 0.333. The summed E-state index contributed by atoms with van der Waals surface area (Å²) in [6.45, 7) is 0.936. The summed E-state index contributed by atoms with van der Waals surface area (Å²) < 4.78 is 4.75. The SMILES string of the molecule is COC(=O)C1CCN(C(=O)c2csc(NC(=O)Nc3ccc(Cl)cc3)n2)CC1. The zero-order valence-corrected chi connectivity index (χ0v) is 16.7. The summed E-state index contributed by atoms with van der Waals surface area (Å²) in [4.78, 5) is 42.1. The summed E-state index contributed by atoms with van der Waals surface area (Å²) in [6.07, 6.45) is 1.13. The molecule has 1 aromatic heterocycles. The number of halogens is 1. The second-order valence-corrected chi connectivity index (χ2v) is 7.51. The number of methoxy groups -OCH3 is 1. The van der Waals surface area contributed by atoms with Crippen molar-refractivity contribution in [3.05, 3.63) is 40.4 Å². The van der Waals surface area contributed by atoms with Crippen molar-refractivity contribution in [2.45, 2.75) is 12.8 Å². The van der Waals surface area contributed by atoms with Crippen LogP contribution in [0.4, 0.5) is 15.6 Å². The number of nitrogens with zero attached hydrogens (tertiary/aromatic N) is 2. The van der Waals surface area contributed by atoms with Crippen LogP contribution in [0.15, 0.2) is 29.6 Å². The lowest BCUT2D eigenvalue weighted by atomic mass is 9.97. The molecular weight excluding hydrogens is 404 g/mol. The average molecular weight is 423 g/mol. The number of hydrogen-bond donors (Lipinski definition) is 2. The van der Waals surface area contributed by atoms with Crippen LogP contribution in [0.5, 0.6) is 0 Å². The molecule has 0 unspecified atom stereocenters. The maximum Gasteiger partial charge on any atom is 0.325 e. The van der Waals surface area contributed by atoms with Gasteiger partial charge in [-0.05, 0) is 37.1 Å². The number of carbonyl (C=O) groups is 3. The van der Waals surface area contributed by atoms with E-state index in [1.54, 1.807) is 34.5 Å². The Balaban J connectivity index is 1.53. The van der Waals surface area contributed by atoms with Gasteiger partial charge in [0.1, 0.15) is 5.69 Å². The Labute approximate surface area is 170 Å². The summed E-state index contributed by atoms with van der Waals surface area (Å²) >= 11 is 6.98. The van der Waals surface area contributed by atoms with E-state index in [4.69, 9.17) is 16.3 Å². The third-order valence-electron chi connectivity index (χ3n) is 4.36. The van der Waals surface area contributed by atoms with Crippen LogP contribution in [0.25, 0.3) is 0 Å². The largest absolute Gasteiger partial charge is 0.469 e. The number of urea groups is 1. The van der Waals surface area contributed by atoms with Crippen LogP contribution in [0.2, 0.25) is 5.02 Å². The Morgan fingerprint density at radius 1 is 1.18 bits per heavy atom. The van der Waals surface area contributed by atoms with Crippen molar-refractivity contribution in [3.8, 4) is 0 Å². The number of ether oxygens (including phenoxy) is 1. The molecule has 1 saturated heterocycles. The lowest BCUT2D eigenvalue weighted by Gasteiger charge is -2.30. The van der Waals surface area contributed by atoms with Crippen molar-refractivity contribution < 1.29 is 19.1 Å². The Morgan fingerprint density at radius 3 is 2.50 bits per heavy atom. The van der Waals surface area contributed by atoms with Gasteiger partial charge in [-0.2, -0.15) is 0 Å². The monoisotopic (exact) mass is 422 g/mol. The van der Waals surface area contributed by atoms with Gasteiger partial charge in [0, 0.05) is 29.2 Å². The predicted octanol–water partition coefficient (Wildman–Crippen LogP) is 3.47. The molecule has 3 rings (SSSR count). The number of carbonyl (C=O) groups excluding carboxylic acids is 3. The topological polar surface area (TPSA) is 101 Å². The maximum atomic E-state index is 12.6. The molecule has 0 saturated carbocycles. The second-order valence-electron chi connectivity index (χ2n) is 6.21. The van der Waals surface area contributed by atoms with Crippen molar-refractivity contribution in [2.75, 3.05) is 30.8 Å². The molecule has 0 bridgehead atoms. The van der Waals surface area contributed by atoms with Crippen molar-refractivity contribution in [1.29, 1.82) is 0 Å². The number of amides is 3. The van der Waals surface area contributed by atoms with Crippen LogP contribution < -0.4 is 10.6 Å². The number of anilines is 2. The van der Waals surface area contributed by atoms with Gasteiger partial charge in [-0.1, -0.05) is 11.6 Å². The molecule has 1 fully saturated rings. The minimum Gasteiger partial charge on any atom is -0.469 e. The number of nitrogens with one attached hydrogen (secondary N) is 2. The van der Waals surface area contributed by atoms with Gasteiger partial charge in [0.05, 0.1) is 13.0 Å². The molecule has 0 atom stereocenters. The minimum atomic E-state index is -0.463. The molecule has 0 radical (unpaired) electrons. The number of rotatable bonds is 4. The smallest absolute Gasteiger partial charge is 0.325 e. The molecule has 1 aliphatic rings. The first-order chi connectivity index (χ1) is 13.5. The van der Waals surface area contributed by atoms with E-state index in [1.165, 1.54) is 18.4 Å². The standard InChI is InChI=1S/C18H19ClN4O4S/c1-27-16(25)11-6-8-23(9-7-11)15(24)14-10-28-18(21-14)22-17(26)20-13-4-2-12(19)3-5-13/h2-5,10-11H,6-9H2,1H3,(H2,20,21,22,26). The number of likely N-dealkylation sites (tertiary alicyclic amines) is 1. The van der Waals surface area contributed by atoms with Gasteiger partial charge in [0.2, 0.25) is 0 Å². The molecule has 8 nitrogen and oxygen atoms in total. The van der Waals surface area contributed by atoms with E-state index in [2.05, 4.69) is 15.6 Å². The van der Waals surface area contributed by atoms with Gasteiger partial charge in [-0.25, -0.2) is 9.78 Å². The molecule has 1 aliphatic heterocycles. The maximum absolute atomic E-state index is 12.6. The highest BCUT2D eigenvalue weighted by Crippen LogP contribution is 2.22. The van der Waals surface area contributed by atoms with Gasteiger partial charge in [0.25, 0.3) is 5.91 Å². The quantitative estimate of drug-likeness (QED) is 0.735. The fourth-order valence-electron chi connectivity index (χ4n) is 2.87. The van der Waals surface area contributed by atoms with Crippen LogP contribution in [0.3, 0.4) is 0 Å². The van der Waals surface area contributed by atoms with Crippen LogP contribution in [0, 0.1) is 5.92 Å². The lowest BCUT2D eigenvalue weighted by Crippen LogP contribution is -2.40. The van der Waals surface area contributed by atoms with E-state index in [1.807, 2.05) is 0 Å². The lowest BCUT2D eigenvalue weighted by molar-refractivity contribution is -0.146. The second kappa shape index (κ2) is 9.03. The summed E-state index contributed by atoms with van der Waals surface area (Å²) in [5, 5.41) is 7.76. The van der Waals surface area contributed by atoms with Gasteiger partial charge in [-0.15, -0.1) is 11.3 Å². The van der Waals surface area contributed by atoms with Gasteiger partial charge in [0.15, 0.2) is 5.13 Å². The highest BCUT2D eigenvalue weighted by Gasteiger charge is 2.29. The first kappa shape index (κ1) is 20.1. The molecule has 2 N–H and O–H groups in total. The molecule has 10 heteroatoms. The van der Waals surface area contributed by atoms with Crippen LogP contribution in [0.1, 0.15) is 23.3 Å². The summed E-state index contributed by atoms with van der Waals surface area (Å²) in [5.74, 6) is -0.622. The zero-order chi connectivity index (χ0) is 20.1.